The third-order valence-corrected chi connectivity index (χ3v) is 4.01. The lowest BCUT2D eigenvalue weighted by molar-refractivity contribution is -0.120. The van der Waals surface area contributed by atoms with E-state index in [0.29, 0.717) is 17.1 Å². The van der Waals surface area contributed by atoms with E-state index in [0.717, 1.165) is 0 Å². The number of methoxy groups -OCH3 is 2. The Morgan fingerprint density at radius 2 is 1.91 bits per heavy atom. The third-order valence-electron chi connectivity index (χ3n) is 2.74. The van der Waals surface area contributed by atoms with Crippen molar-refractivity contribution in [2.45, 2.75) is 25.6 Å². The molecular formula is C14H22N2O5S. The Kier molecular flexibility index (Phi) is 6.63. The predicted octanol–water partition coefficient (Wildman–Crippen LogP) is 0.648. The van der Waals surface area contributed by atoms with E-state index >= 15 is 0 Å². The number of sulfonamides is 1. The van der Waals surface area contributed by atoms with E-state index in [2.05, 4.69) is 10.0 Å². The molecule has 8 heteroatoms. The Bertz CT molecular complexity index is 614. The molecule has 0 fully saturated rings. The summed E-state index contributed by atoms with van der Waals surface area (Å²) < 4.78 is 36.6. The van der Waals surface area contributed by atoms with Crippen molar-refractivity contribution in [1.82, 2.24) is 10.0 Å². The van der Waals surface area contributed by atoms with Crippen LogP contribution in [0.25, 0.3) is 0 Å². The standard InChI is InChI=1S/C14H22N2O5S/c1-10(2)16-14(17)8-15-22(18,19)9-11-7-12(20-3)5-6-13(11)21-4/h5-7,10,15H,8-9H2,1-4H3,(H,16,17). The van der Waals surface area contributed by atoms with E-state index in [9.17, 15) is 13.2 Å². The van der Waals surface area contributed by atoms with Crippen molar-refractivity contribution in [3.8, 4) is 11.5 Å². The lowest BCUT2D eigenvalue weighted by Crippen LogP contribution is -2.40. The van der Waals surface area contributed by atoms with Gasteiger partial charge in [-0.1, -0.05) is 0 Å². The molecule has 1 aromatic carbocycles. The second-order valence-corrected chi connectivity index (χ2v) is 6.79. The van der Waals surface area contributed by atoms with Gasteiger partial charge in [0.2, 0.25) is 15.9 Å². The zero-order valence-electron chi connectivity index (χ0n) is 13.2. The fraction of sp³-hybridized carbons (Fsp3) is 0.500. The average Bonchev–Trinajstić information content (AvgIpc) is 2.44. The van der Waals surface area contributed by atoms with Crippen LogP contribution in [0.2, 0.25) is 0 Å². The van der Waals surface area contributed by atoms with Gasteiger partial charge in [-0.2, -0.15) is 0 Å². The van der Waals surface area contributed by atoms with Crippen molar-refractivity contribution in [3.63, 3.8) is 0 Å². The van der Waals surface area contributed by atoms with E-state index < -0.39 is 10.0 Å². The molecule has 1 rings (SSSR count). The summed E-state index contributed by atoms with van der Waals surface area (Å²) in [7, 11) is -0.715. The number of hydrogen-bond acceptors (Lipinski definition) is 5. The topological polar surface area (TPSA) is 93.7 Å². The second-order valence-electron chi connectivity index (χ2n) is 4.98. The maximum absolute atomic E-state index is 12.1. The van der Waals surface area contributed by atoms with Crippen molar-refractivity contribution in [2.24, 2.45) is 0 Å². The number of carbonyl (C=O) groups is 1. The number of ether oxygens (including phenoxy) is 2. The van der Waals surface area contributed by atoms with Gasteiger partial charge in [0.15, 0.2) is 0 Å². The summed E-state index contributed by atoms with van der Waals surface area (Å²) in [5.74, 6) is 0.292. The molecule has 7 nitrogen and oxygen atoms in total. The summed E-state index contributed by atoms with van der Waals surface area (Å²) in [6.45, 7) is 3.30. The van der Waals surface area contributed by atoms with Gasteiger partial charge in [0.05, 0.1) is 26.5 Å². The predicted molar refractivity (Wildman–Crippen MR) is 83.5 cm³/mol. The minimum atomic E-state index is -3.67. The van der Waals surface area contributed by atoms with Crippen LogP contribution >= 0.6 is 0 Å². The molecule has 22 heavy (non-hydrogen) atoms. The first-order chi connectivity index (χ1) is 10.3. The monoisotopic (exact) mass is 330 g/mol. The Balaban J connectivity index is 2.77. The SMILES string of the molecule is COc1ccc(OC)c(CS(=O)(=O)NCC(=O)NC(C)C)c1. The van der Waals surface area contributed by atoms with E-state index in [1.54, 1.807) is 32.0 Å². The first-order valence-corrected chi connectivity index (χ1v) is 8.40. The molecule has 0 saturated carbocycles. The highest BCUT2D eigenvalue weighted by atomic mass is 32.2. The zero-order chi connectivity index (χ0) is 16.8. The maximum atomic E-state index is 12.1. The van der Waals surface area contributed by atoms with Crippen molar-refractivity contribution in [3.05, 3.63) is 23.8 Å². The van der Waals surface area contributed by atoms with Crippen molar-refractivity contribution < 1.29 is 22.7 Å². The number of amides is 1. The average molecular weight is 330 g/mol. The van der Waals surface area contributed by atoms with Crippen LogP contribution in [0.15, 0.2) is 18.2 Å². The number of benzene rings is 1. The smallest absolute Gasteiger partial charge is 0.235 e. The second kappa shape index (κ2) is 8.00. The lowest BCUT2D eigenvalue weighted by Gasteiger charge is -2.12. The van der Waals surface area contributed by atoms with Crippen molar-refractivity contribution in [2.75, 3.05) is 20.8 Å². The number of nitrogens with one attached hydrogen (secondary N) is 2. The van der Waals surface area contributed by atoms with Gasteiger partial charge in [0.1, 0.15) is 11.5 Å². The zero-order valence-corrected chi connectivity index (χ0v) is 14.0. The fourth-order valence-corrected chi connectivity index (χ4v) is 2.89. The van der Waals surface area contributed by atoms with Gasteiger partial charge >= 0.3 is 0 Å². The van der Waals surface area contributed by atoms with Gasteiger partial charge < -0.3 is 14.8 Å². The molecule has 1 amide bonds. The third kappa shape index (κ3) is 5.90. The van der Waals surface area contributed by atoms with Crippen LogP contribution in [0.5, 0.6) is 11.5 Å². The van der Waals surface area contributed by atoms with Crippen molar-refractivity contribution in [1.29, 1.82) is 0 Å². The van der Waals surface area contributed by atoms with Gasteiger partial charge in [-0.3, -0.25) is 4.79 Å². The molecule has 124 valence electrons. The Morgan fingerprint density at radius 3 is 2.45 bits per heavy atom. The summed E-state index contributed by atoms with van der Waals surface area (Å²) in [5.41, 5.74) is 0.457. The summed E-state index contributed by atoms with van der Waals surface area (Å²) in [4.78, 5) is 11.5. The van der Waals surface area contributed by atoms with Gasteiger partial charge in [0, 0.05) is 11.6 Å². The summed E-state index contributed by atoms with van der Waals surface area (Å²) in [5, 5.41) is 2.61. The maximum Gasteiger partial charge on any atom is 0.235 e. The summed E-state index contributed by atoms with van der Waals surface area (Å²) in [6, 6.07) is 4.86. The van der Waals surface area contributed by atoms with Gasteiger partial charge in [-0.25, -0.2) is 13.1 Å². The Labute approximate surface area is 131 Å². The molecule has 1 aromatic rings. The molecular weight excluding hydrogens is 308 g/mol. The quantitative estimate of drug-likeness (QED) is 0.730. The lowest BCUT2D eigenvalue weighted by atomic mass is 10.2. The van der Waals surface area contributed by atoms with Crippen LogP contribution in [-0.2, 0) is 20.6 Å². The molecule has 0 unspecified atom stereocenters. The van der Waals surface area contributed by atoms with Crippen molar-refractivity contribution >= 4 is 15.9 Å². The Morgan fingerprint density at radius 1 is 1.23 bits per heavy atom. The van der Waals surface area contributed by atoms with E-state index in [1.807, 2.05) is 0 Å². The molecule has 0 atom stereocenters. The van der Waals surface area contributed by atoms with Crippen LogP contribution in [0.3, 0.4) is 0 Å². The molecule has 0 aliphatic rings. The molecule has 0 radical (unpaired) electrons. The molecule has 0 heterocycles. The van der Waals surface area contributed by atoms with Crippen LogP contribution in [-0.4, -0.2) is 41.1 Å². The summed E-state index contributed by atoms with van der Waals surface area (Å²) in [6.07, 6.45) is 0. The summed E-state index contributed by atoms with van der Waals surface area (Å²) >= 11 is 0. The minimum absolute atomic E-state index is 0.0458. The number of hydrogen-bond donors (Lipinski definition) is 2. The normalized spacial score (nSPS) is 11.3. The molecule has 0 spiro atoms. The highest BCUT2D eigenvalue weighted by Crippen LogP contribution is 2.25. The van der Waals surface area contributed by atoms with E-state index in [4.69, 9.17) is 9.47 Å². The number of carbonyl (C=O) groups excluding carboxylic acids is 1. The minimum Gasteiger partial charge on any atom is -0.497 e. The molecule has 0 aliphatic heterocycles. The molecule has 0 bridgehead atoms. The molecule has 0 aromatic heterocycles. The number of rotatable bonds is 8. The van der Waals surface area contributed by atoms with Crippen LogP contribution in [0, 0.1) is 0 Å². The highest BCUT2D eigenvalue weighted by molar-refractivity contribution is 7.88. The van der Waals surface area contributed by atoms with Gasteiger partial charge in [-0.05, 0) is 32.0 Å². The van der Waals surface area contributed by atoms with E-state index in [-0.39, 0.29) is 24.2 Å². The first-order valence-electron chi connectivity index (χ1n) is 6.75. The molecule has 2 N–H and O–H groups in total. The van der Waals surface area contributed by atoms with E-state index in [1.165, 1.54) is 14.2 Å². The molecule has 0 aliphatic carbocycles. The van der Waals surface area contributed by atoms with Crippen LogP contribution in [0.4, 0.5) is 0 Å². The van der Waals surface area contributed by atoms with Crippen LogP contribution < -0.4 is 19.5 Å². The first kappa shape index (κ1) is 18.2. The Hall–Kier alpha value is -1.80. The molecule has 0 saturated heterocycles. The van der Waals surface area contributed by atoms with Crippen LogP contribution in [0.1, 0.15) is 19.4 Å². The fourth-order valence-electron chi connectivity index (χ4n) is 1.80. The van der Waals surface area contributed by atoms with Gasteiger partial charge in [-0.15, -0.1) is 0 Å². The largest absolute Gasteiger partial charge is 0.497 e. The van der Waals surface area contributed by atoms with Gasteiger partial charge in [0.25, 0.3) is 0 Å². The highest BCUT2D eigenvalue weighted by Gasteiger charge is 2.17.